The quantitative estimate of drug-likeness (QED) is 0.811. The molecule has 2 heteroatoms. The van der Waals surface area contributed by atoms with Crippen molar-refractivity contribution in [3.63, 3.8) is 0 Å². The summed E-state index contributed by atoms with van der Waals surface area (Å²) < 4.78 is 12.8. The maximum Gasteiger partial charge on any atom is 0.123 e. The van der Waals surface area contributed by atoms with Crippen LogP contribution in [-0.4, -0.2) is 13.1 Å². The van der Waals surface area contributed by atoms with Gasteiger partial charge < -0.3 is 5.32 Å². The van der Waals surface area contributed by atoms with Crippen molar-refractivity contribution in [2.45, 2.75) is 33.1 Å². The molecule has 2 atom stereocenters. The maximum absolute atomic E-state index is 12.8. The van der Waals surface area contributed by atoms with Crippen molar-refractivity contribution in [3.8, 4) is 0 Å². The Hall–Kier alpha value is -0.890. The van der Waals surface area contributed by atoms with Crippen LogP contribution >= 0.6 is 0 Å². The average Bonchev–Trinajstić information content (AvgIpc) is 2.32. The zero-order chi connectivity index (χ0) is 13.0. The van der Waals surface area contributed by atoms with E-state index in [0.29, 0.717) is 0 Å². The second-order valence-electron chi connectivity index (χ2n) is 5.98. The predicted octanol–water partition coefficient (Wildman–Crippen LogP) is 3.64. The molecule has 1 saturated carbocycles. The van der Waals surface area contributed by atoms with Gasteiger partial charge in [0.15, 0.2) is 0 Å². The van der Waals surface area contributed by atoms with Gasteiger partial charge in [-0.25, -0.2) is 4.39 Å². The smallest absolute Gasteiger partial charge is 0.123 e. The normalized spacial score (nSPS) is 23.1. The molecule has 0 spiro atoms. The number of hydrogen-bond acceptors (Lipinski definition) is 1. The lowest BCUT2D eigenvalue weighted by Crippen LogP contribution is -2.37. The summed E-state index contributed by atoms with van der Waals surface area (Å²) in [6, 6.07) is 6.98. The van der Waals surface area contributed by atoms with Crippen molar-refractivity contribution in [2.75, 3.05) is 13.1 Å². The van der Waals surface area contributed by atoms with E-state index in [1.165, 1.54) is 18.4 Å². The van der Waals surface area contributed by atoms with Gasteiger partial charge in [0.2, 0.25) is 0 Å². The summed E-state index contributed by atoms with van der Waals surface area (Å²) in [7, 11) is 0. The Morgan fingerprint density at radius 3 is 2.39 bits per heavy atom. The van der Waals surface area contributed by atoms with Crippen LogP contribution in [0, 0.1) is 23.6 Å². The summed E-state index contributed by atoms with van der Waals surface area (Å²) >= 11 is 0. The molecule has 0 amide bonds. The second-order valence-corrected chi connectivity index (χ2v) is 5.98. The van der Waals surface area contributed by atoms with E-state index in [1.807, 2.05) is 12.1 Å². The molecule has 0 saturated heterocycles. The Morgan fingerprint density at radius 2 is 1.83 bits per heavy atom. The Kier molecular flexibility index (Phi) is 4.76. The highest BCUT2D eigenvalue weighted by Crippen LogP contribution is 2.36. The predicted molar refractivity (Wildman–Crippen MR) is 74.0 cm³/mol. The number of hydrogen-bond donors (Lipinski definition) is 1. The molecule has 1 aromatic rings. The Bertz CT molecular complexity index is 358. The molecular formula is C16H24FN. The number of halogens is 1. The van der Waals surface area contributed by atoms with Crippen molar-refractivity contribution >= 4 is 0 Å². The largest absolute Gasteiger partial charge is 0.316 e. The fourth-order valence-corrected chi connectivity index (χ4v) is 2.66. The number of nitrogens with one attached hydrogen (secondary N) is 1. The highest BCUT2D eigenvalue weighted by molar-refractivity contribution is 5.17. The minimum atomic E-state index is -0.137. The van der Waals surface area contributed by atoms with Gasteiger partial charge in [-0.15, -0.1) is 0 Å². The maximum atomic E-state index is 12.8. The molecule has 1 aliphatic rings. The van der Waals surface area contributed by atoms with Crippen LogP contribution in [0.4, 0.5) is 4.39 Å². The van der Waals surface area contributed by atoms with Gasteiger partial charge in [-0.2, -0.15) is 0 Å². The Labute approximate surface area is 110 Å². The first-order valence-corrected chi connectivity index (χ1v) is 7.10. The third kappa shape index (κ3) is 3.81. The lowest BCUT2D eigenvalue weighted by atomic mass is 9.70. The molecule has 1 aliphatic carbocycles. The van der Waals surface area contributed by atoms with Gasteiger partial charge >= 0.3 is 0 Å². The van der Waals surface area contributed by atoms with E-state index in [1.54, 1.807) is 12.1 Å². The molecule has 0 aliphatic heterocycles. The van der Waals surface area contributed by atoms with E-state index in [2.05, 4.69) is 19.2 Å². The van der Waals surface area contributed by atoms with E-state index in [-0.39, 0.29) is 5.82 Å². The fraction of sp³-hybridized carbons (Fsp3) is 0.625. The van der Waals surface area contributed by atoms with E-state index in [4.69, 9.17) is 0 Å². The van der Waals surface area contributed by atoms with Crippen LogP contribution < -0.4 is 5.32 Å². The van der Waals surface area contributed by atoms with Crippen LogP contribution in [0.25, 0.3) is 0 Å². The topological polar surface area (TPSA) is 12.0 Å². The lowest BCUT2D eigenvalue weighted by Gasteiger charge is -2.37. The highest BCUT2D eigenvalue weighted by Gasteiger charge is 2.30. The Balaban J connectivity index is 1.75. The van der Waals surface area contributed by atoms with Crippen molar-refractivity contribution in [1.82, 2.24) is 5.32 Å². The average molecular weight is 249 g/mol. The molecule has 1 N–H and O–H groups in total. The molecule has 0 heterocycles. The lowest BCUT2D eigenvalue weighted by molar-refractivity contribution is 0.169. The summed E-state index contributed by atoms with van der Waals surface area (Å²) in [5.41, 5.74) is 1.27. The van der Waals surface area contributed by atoms with Crippen LogP contribution in [0.1, 0.15) is 32.3 Å². The molecule has 1 fully saturated rings. The minimum Gasteiger partial charge on any atom is -0.316 e. The van der Waals surface area contributed by atoms with E-state index < -0.39 is 0 Å². The van der Waals surface area contributed by atoms with Crippen LogP contribution in [0.15, 0.2) is 24.3 Å². The van der Waals surface area contributed by atoms with Gasteiger partial charge in [-0.05, 0) is 67.8 Å². The molecule has 2 unspecified atom stereocenters. The number of benzene rings is 1. The van der Waals surface area contributed by atoms with Gasteiger partial charge in [-0.3, -0.25) is 0 Å². The first-order valence-electron chi connectivity index (χ1n) is 7.10. The second kappa shape index (κ2) is 6.33. The van der Waals surface area contributed by atoms with Crippen LogP contribution in [0.5, 0.6) is 0 Å². The van der Waals surface area contributed by atoms with Crippen LogP contribution in [0.2, 0.25) is 0 Å². The summed E-state index contributed by atoms with van der Waals surface area (Å²) in [5.74, 6) is 2.19. The zero-order valence-electron chi connectivity index (χ0n) is 11.5. The van der Waals surface area contributed by atoms with E-state index >= 15 is 0 Å². The standard InChI is InChI=1S/C16H24FN/c1-12(2)10-18-11-15-6-5-14(15)9-13-3-7-16(17)8-4-13/h3-4,7-8,12,14-15,18H,5-6,9-11H2,1-2H3. The van der Waals surface area contributed by atoms with Gasteiger partial charge in [0.25, 0.3) is 0 Å². The van der Waals surface area contributed by atoms with Crippen molar-refractivity contribution in [1.29, 1.82) is 0 Å². The molecule has 100 valence electrons. The summed E-state index contributed by atoms with van der Waals surface area (Å²) in [6.45, 7) is 6.73. The van der Waals surface area contributed by atoms with E-state index in [0.717, 1.165) is 37.3 Å². The van der Waals surface area contributed by atoms with Crippen molar-refractivity contribution in [2.24, 2.45) is 17.8 Å². The number of rotatable bonds is 6. The zero-order valence-corrected chi connectivity index (χ0v) is 11.5. The first-order chi connectivity index (χ1) is 8.65. The van der Waals surface area contributed by atoms with Gasteiger partial charge in [0.1, 0.15) is 5.82 Å². The highest BCUT2D eigenvalue weighted by atomic mass is 19.1. The molecule has 1 nitrogen and oxygen atoms in total. The van der Waals surface area contributed by atoms with Gasteiger partial charge in [-0.1, -0.05) is 26.0 Å². The van der Waals surface area contributed by atoms with Crippen molar-refractivity contribution in [3.05, 3.63) is 35.6 Å². The molecule has 18 heavy (non-hydrogen) atoms. The summed E-state index contributed by atoms with van der Waals surface area (Å²) in [6.07, 6.45) is 3.77. The minimum absolute atomic E-state index is 0.137. The molecule has 0 aromatic heterocycles. The molecule has 2 rings (SSSR count). The SMILES string of the molecule is CC(C)CNCC1CCC1Cc1ccc(F)cc1. The fourth-order valence-electron chi connectivity index (χ4n) is 2.66. The van der Waals surface area contributed by atoms with Crippen molar-refractivity contribution < 1.29 is 4.39 Å². The third-order valence-corrected chi connectivity index (χ3v) is 3.95. The monoisotopic (exact) mass is 249 g/mol. The van der Waals surface area contributed by atoms with Gasteiger partial charge in [0, 0.05) is 0 Å². The first kappa shape index (κ1) is 13.5. The third-order valence-electron chi connectivity index (χ3n) is 3.95. The molecular weight excluding hydrogens is 225 g/mol. The molecule has 0 radical (unpaired) electrons. The van der Waals surface area contributed by atoms with Gasteiger partial charge in [0.05, 0.1) is 0 Å². The van der Waals surface area contributed by atoms with E-state index in [9.17, 15) is 4.39 Å². The summed E-state index contributed by atoms with van der Waals surface area (Å²) in [5, 5.41) is 3.55. The molecule has 0 bridgehead atoms. The molecule has 1 aromatic carbocycles. The summed E-state index contributed by atoms with van der Waals surface area (Å²) in [4.78, 5) is 0. The van der Waals surface area contributed by atoms with Crippen LogP contribution in [0.3, 0.4) is 0 Å². The Morgan fingerprint density at radius 1 is 1.17 bits per heavy atom. The van der Waals surface area contributed by atoms with Crippen LogP contribution in [-0.2, 0) is 6.42 Å².